The molecule has 0 amide bonds. The molecule has 0 saturated carbocycles. The Labute approximate surface area is 141 Å². The Hall–Kier alpha value is -1.07. The average molecular weight is 361 g/mol. The summed E-state index contributed by atoms with van der Waals surface area (Å²) >= 11 is 0. The monoisotopic (exact) mass is 361 g/mol. The summed E-state index contributed by atoms with van der Waals surface area (Å²) in [4.78, 5) is -0.0666. The fourth-order valence-electron chi connectivity index (χ4n) is 2.57. The van der Waals surface area contributed by atoms with Crippen LogP contribution in [0.3, 0.4) is 0 Å². The lowest BCUT2D eigenvalue weighted by Gasteiger charge is -2.21. The number of rotatable bonds is 2. The van der Waals surface area contributed by atoms with Crippen LogP contribution in [-0.4, -0.2) is 55.0 Å². The highest BCUT2D eigenvalue weighted by Crippen LogP contribution is 2.36. The summed E-state index contributed by atoms with van der Waals surface area (Å²) in [6.07, 6.45) is -1.35. The minimum atomic E-state index is -4.02. The molecule has 3 rings (SSSR count). The third kappa shape index (κ3) is 4.51. The number of nitrogens with two attached hydrogens (primary N) is 1. The van der Waals surface area contributed by atoms with Crippen LogP contribution in [0, 0.1) is 6.92 Å². The molecular formula is C15H23NO7S. The molecule has 1 aromatic rings. The highest BCUT2D eigenvalue weighted by atomic mass is 32.2. The van der Waals surface area contributed by atoms with Gasteiger partial charge in [0.15, 0.2) is 5.79 Å². The Morgan fingerprint density at radius 2 is 1.71 bits per heavy atom. The zero-order valence-corrected chi connectivity index (χ0v) is 14.6. The molecule has 1 aromatic carbocycles. The number of aliphatic hydroxyl groups excluding tert-OH is 1. The van der Waals surface area contributed by atoms with Gasteiger partial charge in [-0.15, -0.1) is 0 Å². The van der Waals surface area contributed by atoms with Gasteiger partial charge in [0.1, 0.15) is 24.5 Å². The van der Waals surface area contributed by atoms with Crippen molar-refractivity contribution in [2.75, 3.05) is 6.61 Å². The van der Waals surface area contributed by atoms with Gasteiger partial charge >= 0.3 is 0 Å². The number of benzene rings is 1. The first kappa shape index (κ1) is 19.3. The Morgan fingerprint density at radius 3 is 2.21 bits per heavy atom. The van der Waals surface area contributed by atoms with Crippen LogP contribution in [-0.2, 0) is 24.3 Å². The predicted molar refractivity (Wildman–Crippen MR) is 84.8 cm³/mol. The molecule has 0 spiro atoms. The highest BCUT2D eigenvalue weighted by molar-refractivity contribution is 7.85. The SMILES string of the molecule is CC1(C)O[C@@H]2C(CO)OC(N)[C@@H]2O1.Cc1ccc(S(=O)(=O)O)cc1. The van der Waals surface area contributed by atoms with E-state index in [0.29, 0.717) is 0 Å². The second-order valence-electron chi connectivity index (χ2n) is 6.17. The van der Waals surface area contributed by atoms with Gasteiger partial charge in [-0.25, -0.2) is 0 Å². The maximum absolute atomic E-state index is 10.5. The van der Waals surface area contributed by atoms with E-state index in [0.717, 1.165) is 5.56 Å². The van der Waals surface area contributed by atoms with E-state index in [1.807, 2.05) is 20.8 Å². The molecule has 4 atom stereocenters. The van der Waals surface area contributed by atoms with Crippen molar-refractivity contribution in [3.8, 4) is 0 Å². The smallest absolute Gasteiger partial charge is 0.294 e. The first-order valence-electron chi connectivity index (χ1n) is 7.45. The Balaban J connectivity index is 0.000000177. The van der Waals surface area contributed by atoms with Gasteiger partial charge in [0.25, 0.3) is 10.1 Å². The van der Waals surface area contributed by atoms with Crippen LogP contribution < -0.4 is 5.73 Å². The van der Waals surface area contributed by atoms with Crippen molar-refractivity contribution >= 4 is 10.1 Å². The maximum atomic E-state index is 10.5. The number of aliphatic hydroxyl groups is 1. The van der Waals surface area contributed by atoms with E-state index in [1.54, 1.807) is 12.1 Å². The molecule has 9 heteroatoms. The number of hydrogen-bond acceptors (Lipinski definition) is 7. The zero-order chi connectivity index (χ0) is 18.1. The Bertz CT molecular complexity index is 659. The summed E-state index contributed by atoms with van der Waals surface area (Å²) in [5.41, 5.74) is 6.62. The summed E-state index contributed by atoms with van der Waals surface area (Å²) in [5.74, 6) is -0.621. The Kier molecular flexibility index (Phi) is 5.65. The third-order valence-electron chi connectivity index (χ3n) is 3.68. The van der Waals surface area contributed by atoms with Crippen LogP contribution in [0.1, 0.15) is 19.4 Å². The van der Waals surface area contributed by atoms with E-state index in [4.69, 9.17) is 29.6 Å². The normalized spacial score (nSPS) is 31.2. The van der Waals surface area contributed by atoms with Crippen molar-refractivity contribution in [2.24, 2.45) is 5.73 Å². The number of aryl methyl sites for hydroxylation is 1. The van der Waals surface area contributed by atoms with E-state index in [9.17, 15) is 8.42 Å². The van der Waals surface area contributed by atoms with Gasteiger partial charge in [-0.3, -0.25) is 4.55 Å². The lowest BCUT2D eigenvalue weighted by Crippen LogP contribution is -2.35. The number of hydrogen-bond donors (Lipinski definition) is 3. The summed E-state index contributed by atoms with van der Waals surface area (Å²) in [6.45, 7) is 5.40. The summed E-state index contributed by atoms with van der Waals surface area (Å²) in [6, 6.07) is 5.99. The molecular weight excluding hydrogens is 338 g/mol. The number of ether oxygens (including phenoxy) is 3. The van der Waals surface area contributed by atoms with Gasteiger partial charge in [0.2, 0.25) is 0 Å². The van der Waals surface area contributed by atoms with Crippen molar-refractivity contribution in [1.82, 2.24) is 0 Å². The lowest BCUT2D eigenvalue weighted by molar-refractivity contribution is -0.189. The molecule has 2 heterocycles. The van der Waals surface area contributed by atoms with Crippen LogP contribution in [0.5, 0.6) is 0 Å². The molecule has 2 saturated heterocycles. The van der Waals surface area contributed by atoms with E-state index in [-0.39, 0.29) is 29.8 Å². The van der Waals surface area contributed by atoms with E-state index >= 15 is 0 Å². The topological polar surface area (TPSA) is 128 Å². The van der Waals surface area contributed by atoms with Gasteiger partial charge in [0, 0.05) is 0 Å². The predicted octanol–water partition coefficient (Wildman–Crippen LogP) is 0.424. The minimum Gasteiger partial charge on any atom is -0.394 e. The summed E-state index contributed by atoms with van der Waals surface area (Å²) in [5, 5.41) is 8.98. The minimum absolute atomic E-state index is 0.0666. The van der Waals surface area contributed by atoms with E-state index in [1.165, 1.54) is 12.1 Å². The fraction of sp³-hybridized carbons (Fsp3) is 0.600. The van der Waals surface area contributed by atoms with E-state index in [2.05, 4.69) is 0 Å². The van der Waals surface area contributed by atoms with Crippen LogP contribution in [0.25, 0.3) is 0 Å². The molecule has 2 unspecified atom stereocenters. The van der Waals surface area contributed by atoms with Gasteiger partial charge in [-0.2, -0.15) is 8.42 Å². The first-order valence-corrected chi connectivity index (χ1v) is 8.89. The second-order valence-corrected chi connectivity index (χ2v) is 7.60. The molecule has 8 nitrogen and oxygen atoms in total. The Morgan fingerprint density at radius 1 is 1.17 bits per heavy atom. The highest BCUT2D eigenvalue weighted by Gasteiger charge is 2.53. The van der Waals surface area contributed by atoms with Crippen molar-refractivity contribution in [1.29, 1.82) is 0 Å². The van der Waals surface area contributed by atoms with Crippen molar-refractivity contribution in [3.05, 3.63) is 29.8 Å². The third-order valence-corrected chi connectivity index (χ3v) is 4.55. The molecule has 0 aliphatic carbocycles. The summed E-state index contributed by atoms with van der Waals surface area (Å²) in [7, 11) is -4.02. The van der Waals surface area contributed by atoms with Crippen LogP contribution in [0.4, 0.5) is 0 Å². The van der Waals surface area contributed by atoms with Gasteiger partial charge in [-0.05, 0) is 32.9 Å². The molecule has 2 aliphatic rings. The standard InChI is InChI=1S/C8H15NO4.C7H8O3S/c1-8(2)12-5-4(3-10)11-7(9)6(5)13-8;1-6-2-4-7(5-3-6)11(8,9)10/h4-7,10H,3,9H2,1-2H3;2-5H,1H3,(H,8,9,10)/t4?,5-,6-,7?;/m1./s1. The maximum Gasteiger partial charge on any atom is 0.294 e. The first-order chi connectivity index (χ1) is 11.0. The fourth-order valence-corrected chi connectivity index (χ4v) is 3.05. The molecule has 0 radical (unpaired) electrons. The number of fused-ring (bicyclic) bond motifs is 1. The lowest BCUT2D eigenvalue weighted by atomic mass is 10.1. The summed E-state index contributed by atoms with van der Waals surface area (Å²) < 4.78 is 45.9. The van der Waals surface area contributed by atoms with Crippen molar-refractivity contribution in [2.45, 2.75) is 56.0 Å². The largest absolute Gasteiger partial charge is 0.394 e. The molecule has 2 aliphatic heterocycles. The van der Waals surface area contributed by atoms with Crippen molar-refractivity contribution in [3.63, 3.8) is 0 Å². The molecule has 2 fully saturated rings. The second kappa shape index (κ2) is 7.04. The average Bonchev–Trinajstić information content (AvgIpc) is 2.93. The van der Waals surface area contributed by atoms with Crippen LogP contribution in [0.15, 0.2) is 29.2 Å². The molecule has 136 valence electrons. The van der Waals surface area contributed by atoms with Crippen LogP contribution >= 0.6 is 0 Å². The van der Waals surface area contributed by atoms with Gasteiger partial charge in [0.05, 0.1) is 11.5 Å². The van der Waals surface area contributed by atoms with Crippen molar-refractivity contribution < 1.29 is 32.3 Å². The van der Waals surface area contributed by atoms with E-state index < -0.39 is 22.1 Å². The molecule has 4 N–H and O–H groups in total. The quantitative estimate of drug-likeness (QED) is 0.647. The molecule has 0 aromatic heterocycles. The molecule has 24 heavy (non-hydrogen) atoms. The zero-order valence-electron chi connectivity index (χ0n) is 13.7. The van der Waals surface area contributed by atoms with Crippen LogP contribution in [0.2, 0.25) is 0 Å². The van der Waals surface area contributed by atoms with Gasteiger partial charge < -0.3 is 25.1 Å². The van der Waals surface area contributed by atoms with Gasteiger partial charge in [-0.1, -0.05) is 17.7 Å². The molecule has 0 bridgehead atoms.